The predicted molar refractivity (Wildman–Crippen MR) is 154 cm³/mol. The maximum atomic E-state index is 13.5. The summed E-state index contributed by atoms with van der Waals surface area (Å²) >= 11 is 0. The first-order valence-corrected chi connectivity index (χ1v) is 13.5. The Labute approximate surface area is 230 Å². The van der Waals surface area contributed by atoms with Gasteiger partial charge >= 0.3 is 0 Å². The molecular formula is C31H31FN6O2. The Kier molecular flexibility index (Phi) is 6.81. The van der Waals surface area contributed by atoms with E-state index >= 15 is 0 Å². The van der Waals surface area contributed by atoms with Crippen LogP contribution in [0.25, 0.3) is 33.4 Å². The summed E-state index contributed by atoms with van der Waals surface area (Å²) < 4.78 is 15.2. The van der Waals surface area contributed by atoms with Crippen LogP contribution in [0.15, 0.2) is 71.8 Å². The number of hydrogen-bond acceptors (Lipinski definition) is 4. The zero-order valence-corrected chi connectivity index (χ0v) is 22.3. The first kappa shape index (κ1) is 25.8. The number of amides is 1. The molecule has 0 unspecified atom stereocenters. The number of benzene rings is 2. The molecule has 1 aliphatic heterocycles. The Bertz CT molecular complexity index is 1740. The highest BCUT2D eigenvalue weighted by Crippen LogP contribution is 2.28. The quantitative estimate of drug-likeness (QED) is 0.277. The number of aryl methyl sites for hydroxylation is 1. The van der Waals surface area contributed by atoms with Gasteiger partial charge in [-0.05, 0) is 55.2 Å². The van der Waals surface area contributed by atoms with E-state index in [9.17, 15) is 14.0 Å². The number of primary amides is 1. The number of alkyl halides is 1. The van der Waals surface area contributed by atoms with E-state index in [2.05, 4.69) is 32.1 Å². The fraction of sp³-hybridized carbons (Fsp3) is 0.258. The Morgan fingerprint density at radius 2 is 1.80 bits per heavy atom. The summed E-state index contributed by atoms with van der Waals surface area (Å²) in [6, 6.07) is 17.9. The topological polar surface area (TPSA) is 113 Å². The molecule has 4 heterocycles. The van der Waals surface area contributed by atoms with Crippen LogP contribution in [0, 0.1) is 6.92 Å². The minimum atomic E-state index is -0.694. The number of likely N-dealkylation sites (tertiary alicyclic amines) is 1. The lowest BCUT2D eigenvalue weighted by molar-refractivity contribution is 0.100. The van der Waals surface area contributed by atoms with Gasteiger partial charge in [-0.25, -0.2) is 4.39 Å². The zero-order valence-electron chi connectivity index (χ0n) is 22.3. The summed E-state index contributed by atoms with van der Waals surface area (Å²) in [5, 5.41) is 5.64. The second-order valence-electron chi connectivity index (χ2n) is 10.6. The number of rotatable bonds is 7. The number of nitrogens with two attached hydrogens (primary N) is 1. The van der Waals surface area contributed by atoms with Crippen LogP contribution in [0.5, 0.6) is 0 Å². The number of nitrogens with one attached hydrogen (secondary N) is 2. The average Bonchev–Trinajstić information content (AvgIpc) is 3.56. The highest BCUT2D eigenvalue weighted by Gasteiger charge is 2.20. The summed E-state index contributed by atoms with van der Waals surface area (Å²) in [5.41, 5.74) is 12.1. The number of nitrogens with zero attached hydrogens (tertiary/aromatic N) is 3. The number of piperidine rings is 1. The summed E-state index contributed by atoms with van der Waals surface area (Å²) in [7, 11) is 0. The van der Waals surface area contributed by atoms with Gasteiger partial charge in [-0.15, -0.1) is 0 Å². The van der Waals surface area contributed by atoms with Gasteiger partial charge in [-0.3, -0.25) is 19.2 Å². The molecule has 6 rings (SSSR count). The largest absolute Gasteiger partial charge is 0.365 e. The zero-order chi connectivity index (χ0) is 27.8. The number of aromatic nitrogens is 4. The second kappa shape index (κ2) is 10.6. The van der Waals surface area contributed by atoms with E-state index < -0.39 is 12.1 Å². The van der Waals surface area contributed by atoms with Crippen molar-refractivity contribution in [1.82, 2.24) is 24.6 Å². The number of pyridine rings is 1. The summed E-state index contributed by atoms with van der Waals surface area (Å²) in [4.78, 5) is 33.6. The SMILES string of the molecule is Cc1ccc(Cn2cc(C(N)=O)c(-c3c[nH]c(=O)c(-c4cc5cc(CN6CCC(F)CC6)ccc5[nH]4)c3)n2)cc1. The van der Waals surface area contributed by atoms with Gasteiger partial charge in [0.15, 0.2) is 0 Å². The molecule has 0 spiro atoms. The minimum absolute atomic E-state index is 0.260. The molecule has 8 nitrogen and oxygen atoms in total. The number of carbonyl (C=O) groups is 1. The van der Waals surface area contributed by atoms with Crippen LogP contribution in [0.3, 0.4) is 0 Å². The average molecular weight is 539 g/mol. The Morgan fingerprint density at radius 3 is 2.55 bits per heavy atom. The lowest BCUT2D eigenvalue weighted by Gasteiger charge is -2.28. The van der Waals surface area contributed by atoms with Crippen molar-refractivity contribution >= 4 is 16.8 Å². The van der Waals surface area contributed by atoms with Crippen molar-refractivity contribution in [2.24, 2.45) is 5.73 Å². The van der Waals surface area contributed by atoms with E-state index in [4.69, 9.17) is 5.73 Å². The molecule has 1 saturated heterocycles. The van der Waals surface area contributed by atoms with Crippen molar-refractivity contribution in [3.8, 4) is 22.5 Å². The van der Waals surface area contributed by atoms with Crippen molar-refractivity contribution in [3.63, 3.8) is 0 Å². The van der Waals surface area contributed by atoms with Crippen molar-refractivity contribution in [2.45, 2.75) is 39.0 Å². The van der Waals surface area contributed by atoms with Gasteiger partial charge in [0.05, 0.1) is 23.4 Å². The van der Waals surface area contributed by atoms with Gasteiger partial charge in [0.25, 0.3) is 11.5 Å². The minimum Gasteiger partial charge on any atom is -0.365 e. The molecule has 0 atom stereocenters. The van der Waals surface area contributed by atoms with E-state index in [1.807, 2.05) is 43.3 Å². The second-order valence-corrected chi connectivity index (χ2v) is 10.6. The third-order valence-electron chi connectivity index (χ3n) is 7.57. The lowest BCUT2D eigenvalue weighted by atomic mass is 10.1. The van der Waals surface area contributed by atoms with Gasteiger partial charge in [0, 0.05) is 48.5 Å². The van der Waals surface area contributed by atoms with E-state index in [1.165, 1.54) is 0 Å². The third kappa shape index (κ3) is 5.33. The molecule has 4 N–H and O–H groups in total. The highest BCUT2D eigenvalue weighted by atomic mass is 19.1. The van der Waals surface area contributed by atoms with E-state index in [0.717, 1.165) is 47.2 Å². The van der Waals surface area contributed by atoms with Gasteiger partial charge in [0.1, 0.15) is 11.9 Å². The number of carbonyl (C=O) groups excluding carboxylic acids is 1. The summed E-state index contributed by atoms with van der Waals surface area (Å²) in [6.45, 7) is 4.79. The van der Waals surface area contributed by atoms with Crippen LogP contribution in [-0.2, 0) is 13.1 Å². The van der Waals surface area contributed by atoms with Crippen molar-refractivity contribution < 1.29 is 9.18 Å². The molecule has 5 aromatic rings. The number of hydrogen-bond donors (Lipinski definition) is 3. The number of aromatic amines is 2. The van der Waals surface area contributed by atoms with Crippen molar-refractivity contribution in [1.29, 1.82) is 0 Å². The van der Waals surface area contributed by atoms with Gasteiger partial charge in [-0.2, -0.15) is 5.10 Å². The van der Waals surface area contributed by atoms with E-state index in [0.29, 0.717) is 41.9 Å². The monoisotopic (exact) mass is 538 g/mol. The van der Waals surface area contributed by atoms with Crippen LogP contribution >= 0.6 is 0 Å². The molecule has 3 aromatic heterocycles. The Balaban J connectivity index is 1.30. The van der Waals surface area contributed by atoms with E-state index in [1.54, 1.807) is 23.1 Å². The summed E-state index contributed by atoms with van der Waals surface area (Å²) in [6.07, 6.45) is 3.66. The molecule has 204 valence electrons. The first-order chi connectivity index (χ1) is 19.3. The normalized spacial score (nSPS) is 14.7. The fourth-order valence-corrected chi connectivity index (χ4v) is 5.34. The number of halogens is 1. The van der Waals surface area contributed by atoms with Crippen LogP contribution in [0.2, 0.25) is 0 Å². The first-order valence-electron chi connectivity index (χ1n) is 13.5. The molecule has 0 aliphatic carbocycles. The number of fused-ring (bicyclic) bond motifs is 1. The molecule has 1 fully saturated rings. The van der Waals surface area contributed by atoms with Crippen LogP contribution in [0.4, 0.5) is 4.39 Å². The maximum absolute atomic E-state index is 13.5. The molecule has 1 aliphatic rings. The van der Waals surface area contributed by atoms with Gasteiger partial charge in [-0.1, -0.05) is 35.9 Å². The third-order valence-corrected chi connectivity index (χ3v) is 7.57. The molecular weight excluding hydrogens is 507 g/mol. The molecule has 0 saturated carbocycles. The van der Waals surface area contributed by atoms with Crippen LogP contribution in [-0.4, -0.2) is 49.8 Å². The smallest absolute Gasteiger partial charge is 0.257 e. The Morgan fingerprint density at radius 1 is 1.05 bits per heavy atom. The van der Waals surface area contributed by atoms with Crippen LogP contribution in [0.1, 0.15) is 39.9 Å². The molecule has 2 aromatic carbocycles. The van der Waals surface area contributed by atoms with Gasteiger partial charge in [0.2, 0.25) is 0 Å². The summed E-state index contributed by atoms with van der Waals surface area (Å²) in [5.74, 6) is -0.591. The van der Waals surface area contributed by atoms with Crippen molar-refractivity contribution in [2.75, 3.05) is 13.1 Å². The lowest BCUT2D eigenvalue weighted by Crippen LogP contribution is -2.33. The molecule has 0 radical (unpaired) electrons. The molecule has 40 heavy (non-hydrogen) atoms. The Hall–Kier alpha value is -4.50. The molecule has 1 amide bonds. The highest BCUT2D eigenvalue weighted by molar-refractivity contribution is 5.99. The number of H-pyrrole nitrogens is 2. The molecule has 0 bridgehead atoms. The fourth-order valence-electron chi connectivity index (χ4n) is 5.34. The predicted octanol–water partition coefficient (Wildman–Crippen LogP) is 4.78. The maximum Gasteiger partial charge on any atom is 0.257 e. The molecule has 9 heteroatoms. The van der Waals surface area contributed by atoms with Crippen molar-refractivity contribution in [3.05, 3.63) is 99.6 Å². The van der Waals surface area contributed by atoms with Gasteiger partial charge < -0.3 is 15.7 Å². The standard InChI is InChI=1S/C31H31FN6O2/c1-19-2-4-20(5-3-19)17-38-18-26(30(33)39)29(36-38)23-13-25(31(40)34-15-23)28-14-22-12-21(6-7-27(22)35-28)16-37-10-8-24(32)9-11-37/h2-7,12-15,18,24,35H,8-11,16-17H2,1H3,(H2,33,39)(H,34,40). The van der Waals surface area contributed by atoms with E-state index in [-0.39, 0.29) is 11.1 Å². The van der Waals surface area contributed by atoms with Crippen LogP contribution < -0.4 is 11.3 Å².